The van der Waals surface area contributed by atoms with Crippen molar-refractivity contribution in [3.05, 3.63) is 47.6 Å². The molecule has 1 heterocycles. The van der Waals surface area contributed by atoms with Crippen LogP contribution in [-0.2, 0) is 4.74 Å². The third-order valence-electron chi connectivity index (χ3n) is 3.31. The summed E-state index contributed by atoms with van der Waals surface area (Å²) in [5.41, 5.74) is 7.08. The van der Waals surface area contributed by atoms with E-state index >= 15 is 0 Å². The van der Waals surface area contributed by atoms with E-state index in [9.17, 15) is 0 Å². The molecular weight excluding hydrogens is 266 g/mol. The number of nitrogens with two attached hydrogens (primary N) is 1. The summed E-state index contributed by atoms with van der Waals surface area (Å²) in [5.74, 6) is 1.02. The largest absolute Gasteiger partial charge is 0.366 e. The van der Waals surface area contributed by atoms with Gasteiger partial charge in [-0.15, -0.1) is 0 Å². The van der Waals surface area contributed by atoms with Gasteiger partial charge in [-0.3, -0.25) is 0 Å². The van der Waals surface area contributed by atoms with E-state index in [1.165, 1.54) is 0 Å². The summed E-state index contributed by atoms with van der Waals surface area (Å²) >= 11 is 0. The second kappa shape index (κ2) is 7.90. The maximum absolute atomic E-state index is 6.07. The second-order valence-electron chi connectivity index (χ2n) is 4.99. The molecule has 0 aliphatic rings. The van der Waals surface area contributed by atoms with Crippen LogP contribution >= 0.6 is 0 Å². The molecule has 0 amide bonds. The normalized spacial score (nSPS) is 14.0. The van der Waals surface area contributed by atoms with Crippen molar-refractivity contribution >= 4 is 0 Å². The van der Waals surface area contributed by atoms with Crippen molar-refractivity contribution < 1.29 is 9.26 Å². The summed E-state index contributed by atoms with van der Waals surface area (Å²) in [7, 11) is 0. The molecule has 0 aliphatic heterocycles. The zero-order valence-corrected chi connectivity index (χ0v) is 12.7. The number of hydrogen-bond acceptors (Lipinski definition) is 5. The predicted octanol–water partition coefficient (Wildman–Crippen LogP) is 3.39. The minimum absolute atomic E-state index is 0.204. The molecule has 1 unspecified atom stereocenters. The Morgan fingerprint density at radius 3 is 2.67 bits per heavy atom. The van der Waals surface area contributed by atoms with Crippen molar-refractivity contribution in [3.63, 3.8) is 0 Å². The van der Waals surface area contributed by atoms with Gasteiger partial charge in [0.2, 0.25) is 11.7 Å². The number of ether oxygens (including phenoxy) is 1. The molecule has 1 aromatic heterocycles. The van der Waals surface area contributed by atoms with E-state index in [1.807, 2.05) is 37.3 Å². The highest BCUT2D eigenvalue weighted by Gasteiger charge is 2.22. The fourth-order valence-electron chi connectivity index (χ4n) is 2.17. The average molecular weight is 289 g/mol. The quantitative estimate of drug-likeness (QED) is 0.806. The summed E-state index contributed by atoms with van der Waals surface area (Å²) in [6.45, 7) is 4.65. The van der Waals surface area contributed by atoms with Crippen molar-refractivity contribution in [2.45, 2.75) is 45.3 Å². The molecule has 21 heavy (non-hydrogen) atoms. The average Bonchev–Trinajstić information content (AvgIpc) is 3.00. The fourth-order valence-corrected chi connectivity index (χ4v) is 2.17. The molecule has 2 atom stereocenters. The maximum atomic E-state index is 6.07. The Morgan fingerprint density at radius 1 is 1.24 bits per heavy atom. The summed E-state index contributed by atoms with van der Waals surface area (Å²) in [6.07, 6.45) is 2.68. The highest BCUT2D eigenvalue weighted by molar-refractivity contribution is 5.22. The molecule has 0 radical (unpaired) electrons. The van der Waals surface area contributed by atoms with E-state index in [0.29, 0.717) is 18.3 Å². The molecule has 2 aromatic rings. The lowest BCUT2D eigenvalue weighted by Crippen LogP contribution is -2.12. The van der Waals surface area contributed by atoms with Crippen LogP contribution in [-0.4, -0.2) is 16.7 Å². The number of rotatable bonds is 8. The van der Waals surface area contributed by atoms with E-state index < -0.39 is 0 Å². The second-order valence-corrected chi connectivity index (χ2v) is 4.99. The molecular formula is C16H23N3O2. The van der Waals surface area contributed by atoms with Gasteiger partial charge in [-0.1, -0.05) is 55.3 Å². The molecule has 0 aliphatic carbocycles. The van der Waals surface area contributed by atoms with Crippen molar-refractivity contribution in [3.8, 4) is 0 Å². The number of nitrogens with zero attached hydrogens (tertiary/aromatic N) is 2. The van der Waals surface area contributed by atoms with Gasteiger partial charge in [0, 0.05) is 6.61 Å². The van der Waals surface area contributed by atoms with E-state index in [1.54, 1.807) is 0 Å². The van der Waals surface area contributed by atoms with Crippen LogP contribution in [0.3, 0.4) is 0 Å². The van der Waals surface area contributed by atoms with Gasteiger partial charge in [-0.25, -0.2) is 0 Å². The summed E-state index contributed by atoms with van der Waals surface area (Å²) in [6, 6.07) is 9.68. The topological polar surface area (TPSA) is 74.2 Å². The first-order valence-corrected chi connectivity index (χ1v) is 7.51. The zero-order valence-electron chi connectivity index (χ0n) is 12.7. The standard InChI is InChI=1S/C16H23N3O2/c1-3-5-11-13(17)16-18-15(19-21-16)14(20-4-2)12-9-7-6-8-10-12/h6-10,13-14H,3-5,11,17H2,1-2H3/t13-,14?/m0/s1. The number of hydrogen-bond donors (Lipinski definition) is 1. The van der Waals surface area contributed by atoms with E-state index in [4.69, 9.17) is 15.0 Å². The molecule has 0 saturated heterocycles. The van der Waals surface area contributed by atoms with Gasteiger partial charge >= 0.3 is 0 Å². The number of unbranched alkanes of at least 4 members (excludes halogenated alkanes) is 1. The van der Waals surface area contributed by atoms with Crippen LogP contribution < -0.4 is 5.73 Å². The molecule has 0 saturated carbocycles. The molecule has 1 aromatic carbocycles. The minimum atomic E-state index is -0.313. The highest BCUT2D eigenvalue weighted by atomic mass is 16.5. The SMILES string of the molecule is CCCC[C@H](N)c1nc(C(OCC)c2ccccc2)no1. The minimum Gasteiger partial charge on any atom is -0.366 e. The van der Waals surface area contributed by atoms with Crippen molar-refractivity contribution in [2.24, 2.45) is 5.73 Å². The van der Waals surface area contributed by atoms with Crippen LogP contribution in [0.2, 0.25) is 0 Å². The third-order valence-corrected chi connectivity index (χ3v) is 3.31. The van der Waals surface area contributed by atoms with Gasteiger partial charge in [-0.05, 0) is 18.9 Å². The first-order valence-electron chi connectivity index (χ1n) is 7.51. The van der Waals surface area contributed by atoms with Crippen LogP contribution in [0.5, 0.6) is 0 Å². The lowest BCUT2D eigenvalue weighted by Gasteiger charge is -2.13. The molecule has 0 bridgehead atoms. The monoisotopic (exact) mass is 289 g/mol. The van der Waals surface area contributed by atoms with Gasteiger partial charge in [0.15, 0.2) is 0 Å². The molecule has 5 heteroatoms. The van der Waals surface area contributed by atoms with Gasteiger partial charge in [0.1, 0.15) is 6.10 Å². The lowest BCUT2D eigenvalue weighted by molar-refractivity contribution is 0.0833. The van der Waals surface area contributed by atoms with E-state index in [-0.39, 0.29) is 12.1 Å². The molecule has 5 nitrogen and oxygen atoms in total. The summed E-state index contributed by atoms with van der Waals surface area (Å²) in [5, 5.41) is 4.05. The first-order chi connectivity index (χ1) is 10.3. The van der Waals surface area contributed by atoms with Crippen LogP contribution in [0.1, 0.15) is 62.5 Å². The Morgan fingerprint density at radius 2 is 2.00 bits per heavy atom. The summed E-state index contributed by atoms with van der Waals surface area (Å²) < 4.78 is 11.1. The van der Waals surface area contributed by atoms with E-state index in [2.05, 4.69) is 17.1 Å². The Bertz CT molecular complexity index is 527. The van der Waals surface area contributed by atoms with Gasteiger partial charge in [0.05, 0.1) is 6.04 Å². The van der Waals surface area contributed by atoms with E-state index in [0.717, 1.165) is 24.8 Å². The number of benzene rings is 1. The summed E-state index contributed by atoms with van der Waals surface area (Å²) in [4.78, 5) is 4.43. The molecule has 0 spiro atoms. The molecule has 0 fully saturated rings. The Hall–Kier alpha value is -1.72. The van der Waals surface area contributed by atoms with Crippen LogP contribution in [0, 0.1) is 0 Å². The first kappa shape index (κ1) is 15.7. The Balaban J connectivity index is 2.16. The van der Waals surface area contributed by atoms with Crippen LogP contribution in [0.15, 0.2) is 34.9 Å². The number of aromatic nitrogens is 2. The van der Waals surface area contributed by atoms with Gasteiger partial charge < -0.3 is 15.0 Å². The molecule has 2 rings (SSSR count). The van der Waals surface area contributed by atoms with Gasteiger partial charge in [0.25, 0.3) is 0 Å². The van der Waals surface area contributed by atoms with Crippen molar-refractivity contribution in [2.75, 3.05) is 6.61 Å². The zero-order chi connectivity index (χ0) is 15.1. The third kappa shape index (κ3) is 4.12. The van der Waals surface area contributed by atoms with Crippen LogP contribution in [0.25, 0.3) is 0 Å². The lowest BCUT2D eigenvalue weighted by atomic mass is 10.1. The van der Waals surface area contributed by atoms with Gasteiger partial charge in [-0.2, -0.15) is 4.98 Å². The molecule has 114 valence electrons. The Labute approximate surface area is 125 Å². The molecule has 2 N–H and O–H groups in total. The smallest absolute Gasteiger partial charge is 0.243 e. The fraction of sp³-hybridized carbons (Fsp3) is 0.500. The maximum Gasteiger partial charge on any atom is 0.243 e. The highest BCUT2D eigenvalue weighted by Crippen LogP contribution is 2.25. The van der Waals surface area contributed by atoms with Crippen LogP contribution in [0.4, 0.5) is 0 Å². The Kier molecular flexibility index (Phi) is 5.90. The predicted molar refractivity (Wildman–Crippen MR) is 80.7 cm³/mol. The van der Waals surface area contributed by atoms with Crippen molar-refractivity contribution in [1.29, 1.82) is 0 Å². The van der Waals surface area contributed by atoms with Crippen molar-refractivity contribution in [1.82, 2.24) is 10.1 Å².